The lowest BCUT2D eigenvalue weighted by atomic mass is 9.45. The van der Waals surface area contributed by atoms with Crippen molar-refractivity contribution in [3.63, 3.8) is 0 Å². The maximum absolute atomic E-state index is 13.2. The number of hydrogen-bond donors (Lipinski definition) is 3. The van der Waals surface area contributed by atoms with Gasteiger partial charge in [-0.2, -0.15) is 0 Å². The minimum absolute atomic E-state index is 0.00325. The second-order valence-corrected chi connectivity index (χ2v) is 14.9. The molecule has 0 amide bonds. The van der Waals surface area contributed by atoms with Crippen LogP contribution in [0.4, 0.5) is 0 Å². The first-order valence-corrected chi connectivity index (χ1v) is 17.6. The zero-order valence-corrected chi connectivity index (χ0v) is 26.0. The van der Waals surface area contributed by atoms with E-state index in [1.54, 1.807) is 0 Å². The molecule has 1 aliphatic carbocycles. The maximum atomic E-state index is 13.2. The molecule has 2 unspecified atom stereocenters. The summed E-state index contributed by atoms with van der Waals surface area (Å²) in [4.78, 5) is 12.1. The number of aromatic amines is 1. The molecule has 232 valence electrons. The van der Waals surface area contributed by atoms with Crippen molar-refractivity contribution in [2.45, 2.75) is 88.4 Å². The molecule has 1 aromatic carbocycles. The Morgan fingerprint density at radius 3 is 2.53 bits per heavy atom. The molecule has 7 heterocycles. The van der Waals surface area contributed by atoms with E-state index >= 15 is 0 Å². The molecule has 43 heavy (non-hydrogen) atoms. The van der Waals surface area contributed by atoms with Gasteiger partial charge in [-0.3, -0.25) is 9.80 Å². The van der Waals surface area contributed by atoms with Crippen LogP contribution in [0, 0.1) is 23.2 Å². The predicted molar refractivity (Wildman–Crippen MR) is 173 cm³/mol. The fourth-order valence-corrected chi connectivity index (χ4v) is 10.9. The van der Waals surface area contributed by atoms with Crippen LogP contribution in [0.15, 0.2) is 48.6 Å². The topological polar surface area (TPSA) is 66.0 Å². The molecule has 6 heteroatoms. The number of piperidine rings is 1. The van der Waals surface area contributed by atoms with Crippen LogP contribution in [0.5, 0.6) is 0 Å². The lowest BCUT2D eigenvalue weighted by Crippen LogP contribution is -2.72. The van der Waals surface area contributed by atoms with Crippen molar-refractivity contribution in [2.75, 3.05) is 45.9 Å². The fraction of sp³-hybridized carbons (Fsp3) is 0.676. The third kappa shape index (κ3) is 4.70. The number of nitrogens with zero attached hydrogens (tertiary/aromatic N) is 3. The minimum Gasteiger partial charge on any atom is -0.390 e. The highest BCUT2D eigenvalue weighted by molar-refractivity contribution is 5.85. The van der Waals surface area contributed by atoms with Gasteiger partial charge in [0.1, 0.15) is 0 Å². The Labute approximate surface area is 257 Å². The Morgan fingerprint density at radius 2 is 1.63 bits per heavy atom. The van der Waals surface area contributed by atoms with Crippen molar-refractivity contribution in [3.05, 3.63) is 59.8 Å². The number of fused-ring (bicyclic) bond motifs is 4. The number of H-pyrrole nitrogens is 1. The molecular weight excluding hydrogens is 532 g/mol. The van der Waals surface area contributed by atoms with Crippen LogP contribution in [-0.2, 0) is 6.42 Å². The van der Waals surface area contributed by atoms with E-state index in [-0.39, 0.29) is 23.3 Å². The Hall–Kier alpha value is -1.96. The van der Waals surface area contributed by atoms with E-state index in [1.807, 2.05) is 0 Å². The number of aromatic nitrogens is 1. The van der Waals surface area contributed by atoms with Crippen molar-refractivity contribution in [1.29, 1.82) is 0 Å². The van der Waals surface area contributed by atoms with Crippen LogP contribution < -0.4 is 0 Å². The lowest BCUT2D eigenvalue weighted by molar-refractivity contribution is -0.256. The molecule has 1 aromatic heterocycles. The SMILES string of the molecule is O[C@@H]1[C@H]2[C@@H]3c4[nH]c5ccccc5c4CCN3CN3CCC/C=C\CC[C@@]45CN(CCCC/C=C\CC[C@@]1(O)[C@@H]4C3)CC[C@@H]25. The van der Waals surface area contributed by atoms with Crippen molar-refractivity contribution in [3.8, 4) is 0 Å². The Bertz CT molecular complexity index is 1370. The summed E-state index contributed by atoms with van der Waals surface area (Å²) in [5.74, 6) is 0.434. The lowest BCUT2D eigenvalue weighted by Gasteiger charge is -2.65. The summed E-state index contributed by atoms with van der Waals surface area (Å²) in [6, 6.07) is 8.89. The predicted octanol–water partition coefficient (Wildman–Crippen LogP) is 5.64. The van der Waals surface area contributed by atoms with Gasteiger partial charge in [0.2, 0.25) is 0 Å². The highest BCUT2D eigenvalue weighted by atomic mass is 16.3. The molecule has 6 nitrogen and oxygen atoms in total. The van der Waals surface area contributed by atoms with Crippen LogP contribution in [0.25, 0.3) is 10.9 Å². The number of para-hydroxylation sites is 1. The van der Waals surface area contributed by atoms with Gasteiger partial charge in [0.25, 0.3) is 0 Å². The molecule has 2 aromatic rings. The van der Waals surface area contributed by atoms with Gasteiger partial charge in [-0.15, -0.1) is 0 Å². The second kappa shape index (κ2) is 11.4. The highest BCUT2D eigenvalue weighted by Gasteiger charge is 2.68. The van der Waals surface area contributed by atoms with Crippen LogP contribution in [0.1, 0.15) is 81.5 Å². The molecule has 9 rings (SSSR count). The number of aliphatic hydroxyl groups excluding tert-OH is 1. The van der Waals surface area contributed by atoms with Crippen LogP contribution in [-0.4, -0.2) is 87.5 Å². The number of benzene rings is 1. The van der Waals surface area contributed by atoms with Gasteiger partial charge in [-0.05, 0) is 113 Å². The molecule has 7 aliphatic rings. The summed E-state index contributed by atoms with van der Waals surface area (Å²) in [6.07, 6.45) is 20.5. The van der Waals surface area contributed by atoms with Crippen LogP contribution in [0.3, 0.4) is 0 Å². The third-order valence-electron chi connectivity index (χ3n) is 12.8. The largest absolute Gasteiger partial charge is 0.390 e. The summed E-state index contributed by atoms with van der Waals surface area (Å²) in [5, 5.41) is 27.4. The van der Waals surface area contributed by atoms with Gasteiger partial charge in [0, 0.05) is 48.1 Å². The molecule has 1 saturated carbocycles. The second-order valence-electron chi connectivity index (χ2n) is 14.9. The Balaban J connectivity index is 1.36. The van der Waals surface area contributed by atoms with E-state index in [1.165, 1.54) is 35.0 Å². The standard InChI is InChI=1S/C37H52N4O2/c42-35-32-29-17-22-39-20-12-6-2-1-5-11-19-37(35,43)31-24-40(21-13-7-3-4-10-18-36(29,31)25-39)26-41-23-16-28-27-14-8-9-15-30(27)38-33(28)34(32)41/h1,3-5,8-9,14-15,29,31-32,34-35,38,42-43H,2,6-7,10-13,16-26H2/b4-3-,5-1-/t29-,31+,32+,34+,35+,36-,37+/m0/s1. The molecule has 6 bridgehead atoms. The molecule has 3 saturated heterocycles. The monoisotopic (exact) mass is 584 g/mol. The van der Waals surface area contributed by atoms with Crippen molar-refractivity contribution < 1.29 is 10.2 Å². The Kier molecular flexibility index (Phi) is 7.58. The van der Waals surface area contributed by atoms with Crippen molar-refractivity contribution >= 4 is 10.9 Å². The molecule has 0 radical (unpaired) electrons. The summed E-state index contributed by atoms with van der Waals surface area (Å²) >= 11 is 0. The zero-order chi connectivity index (χ0) is 29.0. The van der Waals surface area contributed by atoms with Gasteiger partial charge in [0.05, 0.1) is 24.4 Å². The first-order valence-electron chi connectivity index (χ1n) is 17.6. The van der Waals surface area contributed by atoms with E-state index in [2.05, 4.69) is 68.3 Å². The molecule has 4 fully saturated rings. The van der Waals surface area contributed by atoms with Gasteiger partial charge < -0.3 is 20.1 Å². The average molecular weight is 585 g/mol. The quantitative estimate of drug-likeness (QED) is 0.350. The summed E-state index contributed by atoms with van der Waals surface area (Å²) in [7, 11) is 0. The van der Waals surface area contributed by atoms with Gasteiger partial charge >= 0.3 is 0 Å². The van der Waals surface area contributed by atoms with Gasteiger partial charge in [-0.1, -0.05) is 42.5 Å². The molecular formula is C37H52N4O2. The van der Waals surface area contributed by atoms with E-state index < -0.39 is 11.7 Å². The third-order valence-corrected chi connectivity index (χ3v) is 12.8. The van der Waals surface area contributed by atoms with Crippen LogP contribution >= 0.6 is 0 Å². The normalized spacial score (nSPS) is 43.5. The first-order chi connectivity index (χ1) is 21.1. The minimum atomic E-state index is -1.11. The summed E-state index contributed by atoms with van der Waals surface area (Å²) in [5.41, 5.74) is 2.84. The summed E-state index contributed by atoms with van der Waals surface area (Å²) < 4.78 is 0. The maximum Gasteiger partial charge on any atom is 0.0958 e. The smallest absolute Gasteiger partial charge is 0.0958 e. The fourth-order valence-electron chi connectivity index (χ4n) is 10.9. The Morgan fingerprint density at radius 1 is 0.837 bits per heavy atom. The molecule has 1 spiro atoms. The first kappa shape index (κ1) is 28.5. The average Bonchev–Trinajstić information content (AvgIpc) is 3.40. The van der Waals surface area contributed by atoms with E-state index in [0.717, 1.165) is 97.3 Å². The van der Waals surface area contributed by atoms with E-state index in [9.17, 15) is 10.2 Å². The van der Waals surface area contributed by atoms with Crippen molar-refractivity contribution in [2.24, 2.45) is 23.2 Å². The number of allylic oxidation sites excluding steroid dienone is 4. The molecule has 3 N–H and O–H groups in total. The molecule has 9 atom stereocenters. The van der Waals surface area contributed by atoms with E-state index in [0.29, 0.717) is 12.3 Å². The zero-order valence-electron chi connectivity index (χ0n) is 26.0. The summed E-state index contributed by atoms with van der Waals surface area (Å²) in [6.45, 7) is 7.20. The highest BCUT2D eigenvalue weighted by Crippen LogP contribution is 2.63. The number of hydrogen-bond acceptors (Lipinski definition) is 5. The number of nitrogens with one attached hydrogen (secondary N) is 1. The van der Waals surface area contributed by atoms with E-state index in [4.69, 9.17) is 0 Å². The number of rotatable bonds is 0. The molecule has 6 aliphatic heterocycles. The van der Waals surface area contributed by atoms with Crippen LogP contribution in [0.2, 0.25) is 0 Å². The number of aliphatic hydroxyl groups is 2. The van der Waals surface area contributed by atoms with Crippen molar-refractivity contribution in [1.82, 2.24) is 19.7 Å². The van der Waals surface area contributed by atoms with Gasteiger partial charge in [0.15, 0.2) is 0 Å². The van der Waals surface area contributed by atoms with Gasteiger partial charge in [-0.25, -0.2) is 0 Å².